The molecule has 2 heteroatoms. The van der Waals surface area contributed by atoms with E-state index in [1.54, 1.807) is 14.0 Å². The highest BCUT2D eigenvalue weighted by Crippen LogP contribution is 2.17. The average Bonchev–Trinajstić information content (AvgIpc) is 2.09. The molecule has 1 rings (SSSR count). The van der Waals surface area contributed by atoms with Crippen LogP contribution in [0.15, 0.2) is 24.3 Å². The largest absolute Gasteiger partial charge is 0.307 e. The zero-order valence-electron chi connectivity index (χ0n) is 8.29. The van der Waals surface area contributed by atoms with Crippen LogP contribution in [-0.2, 0) is 4.79 Å². The lowest BCUT2D eigenvalue weighted by molar-refractivity contribution is -0.119. The first-order chi connectivity index (χ1) is 6.16. The number of nitrogens with one attached hydrogen (secondary N) is 1. The molecule has 0 aromatic heterocycles. The van der Waals surface area contributed by atoms with E-state index in [-0.39, 0.29) is 11.8 Å². The Balaban J connectivity index is 3.04. The predicted molar refractivity (Wildman–Crippen MR) is 53.7 cm³/mol. The third kappa shape index (κ3) is 2.16. The zero-order chi connectivity index (χ0) is 9.84. The normalized spacial score (nSPS) is 12.5. The molecule has 1 aromatic rings. The minimum atomic E-state index is -0.166. The van der Waals surface area contributed by atoms with Gasteiger partial charge in [0, 0.05) is 0 Å². The number of benzene rings is 1. The first-order valence-electron chi connectivity index (χ1n) is 4.40. The van der Waals surface area contributed by atoms with Gasteiger partial charge < -0.3 is 5.32 Å². The summed E-state index contributed by atoms with van der Waals surface area (Å²) in [5, 5.41) is 3.01. The maximum absolute atomic E-state index is 11.3. The predicted octanol–water partition coefficient (Wildman–Crippen LogP) is 1.84. The molecular weight excluding hydrogens is 162 g/mol. The Bertz CT molecular complexity index is 307. The summed E-state index contributed by atoms with van der Waals surface area (Å²) in [5.74, 6) is 0.150. The van der Waals surface area contributed by atoms with Crippen LogP contribution in [0.5, 0.6) is 0 Å². The smallest absolute Gasteiger partial charge is 0.151 e. The summed E-state index contributed by atoms with van der Waals surface area (Å²) in [6, 6.07) is 7.77. The van der Waals surface area contributed by atoms with Crippen molar-refractivity contribution in [2.75, 3.05) is 7.05 Å². The molecule has 1 unspecified atom stereocenters. The van der Waals surface area contributed by atoms with E-state index in [2.05, 4.69) is 5.32 Å². The van der Waals surface area contributed by atoms with Gasteiger partial charge in [0.05, 0.1) is 6.04 Å². The maximum Gasteiger partial charge on any atom is 0.151 e. The molecule has 13 heavy (non-hydrogen) atoms. The van der Waals surface area contributed by atoms with Gasteiger partial charge in [-0.15, -0.1) is 0 Å². The van der Waals surface area contributed by atoms with Crippen molar-refractivity contribution in [3.05, 3.63) is 35.4 Å². The van der Waals surface area contributed by atoms with Crippen LogP contribution in [0.1, 0.15) is 24.1 Å². The molecule has 1 N–H and O–H groups in total. The van der Waals surface area contributed by atoms with E-state index in [0.29, 0.717) is 0 Å². The number of likely N-dealkylation sites (N-methyl/N-ethyl adjacent to an activating group) is 1. The molecule has 0 radical (unpaired) electrons. The molecule has 0 aliphatic carbocycles. The van der Waals surface area contributed by atoms with Crippen LogP contribution in [0, 0.1) is 6.92 Å². The molecule has 0 fully saturated rings. The molecular formula is C11H15NO. The van der Waals surface area contributed by atoms with E-state index in [1.807, 2.05) is 31.2 Å². The minimum absolute atomic E-state index is 0.150. The van der Waals surface area contributed by atoms with Gasteiger partial charge in [-0.1, -0.05) is 24.3 Å². The second-order valence-corrected chi connectivity index (χ2v) is 3.19. The van der Waals surface area contributed by atoms with E-state index in [1.165, 1.54) is 0 Å². The molecule has 0 spiro atoms. The van der Waals surface area contributed by atoms with Gasteiger partial charge in [-0.3, -0.25) is 4.79 Å². The van der Waals surface area contributed by atoms with E-state index < -0.39 is 0 Å². The average molecular weight is 177 g/mol. The van der Waals surface area contributed by atoms with Crippen molar-refractivity contribution in [2.45, 2.75) is 19.9 Å². The first kappa shape index (κ1) is 9.93. The van der Waals surface area contributed by atoms with Gasteiger partial charge in [0.2, 0.25) is 0 Å². The van der Waals surface area contributed by atoms with Gasteiger partial charge in [-0.2, -0.15) is 0 Å². The molecule has 0 amide bonds. The minimum Gasteiger partial charge on any atom is -0.307 e. The Morgan fingerprint density at radius 1 is 1.38 bits per heavy atom. The Kier molecular flexibility index (Phi) is 3.20. The molecule has 0 aliphatic rings. The van der Waals surface area contributed by atoms with E-state index in [4.69, 9.17) is 0 Å². The van der Waals surface area contributed by atoms with Crippen LogP contribution in [0.3, 0.4) is 0 Å². The van der Waals surface area contributed by atoms with E-state index in [0.717, 1.165) is 11.1 Å². The van der Waals surface area contributed by atoms with Crippen molar-refractivity contribution in [1.29, 1.82) is 0 Å². The van der Waals surface area contributed by atoms with Crippen LogP contribution in [0.25, 0.3) is 0 Å². The third-order valence-corrected chi connectivity index (χ3v) is 2.19. The summed E-state index contributed by atoms with van der Waals surface area (Å²) in [6.07, 6.45) is 0. The lowest BCUT2D eigenvalue weighted by Crippen LogP contribution is -2.23. The third-order valence-electron chi connectivity index (χ3n) is 2.19. The van der Waals surface area contributed by atoms with Crippen molar-refractivity contribution in [1.82, 2.24) is 5.32 Å². The van der Waals surface area contributed by atoms with Crippen molar-refractivity contribution >= 4 is 5.78 Å². The summed E-state index contributed by atoms with van der Waals surface area (Å²) in [5.41, 5.74) is 2.22. The summed E-state index contributed by atoms with van der Waals surface area (Å²) >= 11 is 0. The van der Waals surface area contributed by atoms with Crippen LogP contribution < -0.4 is 5.32 Å². The van der Waals surface area contributed by atoms with Crippen LogP contribution >= 0.6 is 0 Å². The number of carbonyl (C=O) groups is 1. The molecule has 0 bridgehead atoms. The van der Waals surface area contributed by atoms with Crippen LogP contribution in [0.4, 0.5) is 0 Å². The highest BCUT2D eigenvalue weighted by Gasteiger charge is 2.15. The number of aryl methyl sites for hydroxylation is 1. The number of carbonyl (C=O) groups excluding carboxylic acids is 1. The quantitative estimate of drug-likeness (QED) is 0.763. The van der Waals surface area contributed by atoms with Gasteiger partial charge in [0.25, 0.3) is 0 Å². The molecule has 1 atom stereocenters. The monoisotopic (exact) mass is 177 g/mol. The van der Waals surface area contributed by atoms with Gasteiger partial charge in [0.1, 0.15) is 0 Å². The van der Waals surface area contributed by atoms with Crippen molar-refractivity contribution in [3.63, 3.8) is 0 Å². The van der Waals surface area contributed by atoms with Crippen molar-refractivity contribution < 1.29 is 4.79 Å². The van der Waals surface area contributed by atoms with E-state index in [9.17, 15) is 4.79 Å². The van der Waals surface area contributed by atoms with Gasteiger partial charge in [0.15, 0.2) is 5.78 Å². The zero-order valence-corrected chi connectivity index (χ0v) is 8.29. The Labute approximate surface area is 79.0 Å². The number of hydrogen-bond acceptors (Lipinski definition) is 2. The fraction of sp³-hybridized carbons (Fsp3) is 0.364. The molecule has 2 nitrogen and oxygen atoms in total. The molecule has 0 heterocycles. The molecule has 0 aliphatic heterocycles. The number of ketones is 1. The summed E-state index contributed by atoms with van der Waals surface area (Å²) in [4.78, 5) is 11.3. The Hall–Kier alpha value is -1.15. The SMILES string of the molecule is CNC(C(C)=O)c1ccccc1C. The molecule has 0 saturated carbocycles. The molecule has 1 aromatic carbocycles. The number of Topliss-reactive ketones (excluding diaryl/α,β-unsaturated/α-hetero) is 1. The maximum atomic E-state index is 11.3. The molecule has 70 valence electrons. The van der Waals surface area contributed by atoms with E-state index >= 15 is 0 Å². The van der Waals surface area contributed by atoms with Crippen molar-refractivity contribution in [2.24, 2.45) is 0 Å². The molecule has 0 saturated heterocycles. The number of hydrogen-bond donors (Lipinski definition) is 1. The fourth-order valence-electron chi connectivity index (χ4n) is 1.49. The number of rotatable bonds is 3. The summed E-state index contributed by atoms with van der Waals surface area (Å²) in [7, 11) is 1.80. The topological polar surface area (TPSA) is 29.1 Å². The van der Waals surface area contributed by atoms with Gasteiger partial charge in [-0.25, -0.2) is 0 Å². The lowest BCUT2D eigenvalue weighted by Gasteiger charge is -2.15. The fourth-order valence-corrected chi connectivity index (χ4v) is 1.49. The summed E-state index contributed by atoms with van der Waals surface area (Å²) < 4.78 is 0. The first-order valence-corrected chi connectivity index (χ1v) is 4.40. The van der Waals surface area contributed by atoms with Gasteiger partial charge in [-0.05, 0) is 32.0 Å². The van der Waals surface area contributed by atoms with Crippen LogP contribution in [-0.4, -0.2) is 12.8 Å². The lowest BCUT2D eigenvalue weighted by atomic mass is 9.99. The Morgan fingerprint density at radius 3 is 2.46 bits per heavy atom. The second-order valence-electron chi connectivity index (χ2n) is 3.19. The highest BCUT2D eigenvalue weighted by atomic mass is 16.1. The Morgan fingerprint density at radius 2 is 2.00 bits per heavy atom. The standard InChI is InChI=1S/C11H15NO/c1-8-6-4-5-7-10(8)11(12-3)9(2)13/h4-7,11-12H,1-3H3. The van der Waals surface area contributed by atoms with Crippen LogP contribution in [0.2, 0.25) is 0 Å². The van der Waals surface area contributed by atoms with Crippen molar-refractivity contribution in [3.8, 4) is 0 Å². The highest BCUT2D eigenvalue weighted by molar-refractivity contribution is 5.83. The second kappa shape index (κ2) is 4.19. The summed E-state index contributed by atoms with van der Waals surface area (Å²) in [6.45, 7) is 3.62. The van der Waals surface area contributed by atoms with Gasteiger partial charge >= 0.3 is 0 Å².